The summed E-state index contributed by atoms with van der Waals surface area (Å²) in [6, 6.07) is 27.9. The number of benzene rings is 3. The third-order valence-corrected chi connectivity index (χ3v) is 4.44. The molecule has 0 bridgehead atoms. The van der Waals surface area contributed by atoms with Crippen molar-refractivity contribution in [3.05, 3.63) is 102 Å². The quantitative estimate of drug-likeness (QED) is 0.550. The lowest BCUT2D eigenvalue weighted by atomic mass is 9.86. The van der Waals surface area contributed by atoms with E-state index in [4.69, 9.17) is 4.74 Å². The van der Waals surface area contributed by atoms with Crippen LogP contribution in [0, 0.1) is 0 Å². The average Bonchev–Trinajstić information content (AvgIpc) is 2.69. The highest BCUT2D eigenvalue weighted by molar-refractivity contribution is 5.96. The number of rotatable bonds is 7. The molecule has 3 aromatic rings. The van der Waals surface area contributed by atoms with Crippen LogP contribution >= 0.6 is 0 Å². The lowest BCUT2D eigenvalue weighted by molar-refractivity contribution is 0.0973. The van der Waals surface area contributed by atoms with Crippen molar-refractivity contribution in [1.82, 2.24) is 0 Å². The van der Waals surface area contributed by atoms with Crippen LogP contribution in [0.25, 0.3) is 0 Å². The van der Waals surface area contributed by atoms with Gasteiger partial charge in [0.05, 0.1) is 7.11 Å². The predicted octanol–water partition coefficient (Wildman–Crippen LogP) is 5.29. The summed E-state index contributed by atoms with van der Waals surface area (Å²) in [7, 11) is 1.67. The summed E-state index contributed by atoms with van der Waals surface area (Å²) in [4.78, 5) is 12.7. The van der Waals surface area contributed by atoms with E-state index in [0.717, 1.165) is 17.7 Å². The van der Waals surface area contributed by atoms with Crippen molar-refractivity contribution in [2.75, 3.05) is 7.11 Å². The Balaban J connectivity index is 1.81. The Morgan fingerprint density at radius 2 is 1.44 bits per heavy atom. The number of Topliss-reactive ketones (excluding diaryl/α,β-unsaturated/α-hetero) is 1. The summed E-state index contributed by atoms with van der Waals surface area (Å²) in [6.45, 7) is 0. The molecule has 2 heteroatoms. The second-order valence-corrected chi connectivity index (χ2v) is 6.15. The molecule has 2 nitrogen and oxygen atoms in total. The Morgan fingerprint density at radius 3 is 2.04 bits per heavy atom. The molecule has 25 heavy (non-hydrogen) atoms. The molecule has 0 amide bonds. The molecule has 0 unspecified atom stereocenters. The van der Waals surface area contributed by atoms with E-state index >= 15 is 0 Å². The first kappa shape index (κ1) is 17.0. The molecule has 0 fully saturated rings. The lowest BCUT2D eigenvalue weighted by Crippen LogP contribution is -2.10. The number of methoxy groups -OCH3 is 1. The molecule has 3 rings (SSSR count). The standard InChI is InChI=1S/C23H22O2/c1-25-22-14-12-18(13-15-22)16-21(19-8-4-2-5-9-19)17-23(24)20-10-6-3-7-11-20/h2-15,21H,16-17H2,1H3/t21-/m0/s1. The molecular weight excluding hydrogens is 308 g/mol. The first-order valence-electron chi connectivity index (χ1n) is 8.52. The molecule has 0 N–H and O–H groups in total. The maximum atomic E-state index is 12.7. The van der Waals surface area contributed by atoms with E-state index in [1.54, 1.807) is 7.11 Å². The first-order valence-corrected chi connectivity index (χ1v) is 8.52. The van der Waals surface area contributed by atoms with Gasteiger partial charge in [0.15, 0.2) is 5.78 Å². The average molecular weight is 330 g/mol. The minimum absolute atomic E-state index is 0.155. The van der Waals surface area contributed by atoms with Crippen molar-refractivity contribution >= 4 is 5.78 Å². The summed E-state index contributed by atoms with van der Waals surface area (Å²) >= 11 is 0. The van der Waals surface area contributed by atoms with Gasteiger partial charge in [0.1, 0.15) is 5.75 Å². The van der Waals surface area contributed by atoms with Crippen LogP contribution in [0.4, 0.5) is 0 Å². The van der Waals surface area contributed by atoms with Crippen LogP contribution < -0.4 is 4.74 Å². The molecule has 0 radical (unpaired) electrons. The SMILES string of the molecule is COc1ccc(C[C@@H](CC(=O)c2ccccc2)c2ccccc2)cc1. The highest BCUT2D eigenvalue weighted by atomic mass is 16.5. The van der Waals surface area contributed by atoms with Crippen LogP contribution in [0.5, 0.6) is 5.75 Å². The number of ether oxygens (including phenoxy) is 1. The van der Waals surface area contributed by atoms with Crippen molar-refractivity contribution in [3.63, 3.8) is 0 Å². The lowest BCUT2D eigenvalue weighted by Gasteiger charge is -2.17. The smallest absolute Gasteiger partial charge is 0.163 e. The van der Waals surface area contributed by atoms with Crippen molar-refractivity contribution in [3.8, 4) is 5.75 Å². The van der Waals surface area contributed by atoms with Gasteiger partial charge in [0.25, 0.3) is 0 Å². The minimum atomic E-state index is 0.155. The third kappa shape index (κ3) is 4.57. The number of hydrogen-bond acceptors (Lipinski definition) is 2. The summed E-state index contributed by atoms with van der Waals surface area (Å²) < 4.78 is 5.23. The van der Waals surface area contributed by atoms with Crippen molar-refractivity contribution < 1.29 is 9.53 Å². The van der Waals surface area contributed by atoms with Gasteiger partial charge in [0, 0.05) is 12.0 Å². The largest absolute Gasteiger partial charge is 0.497 e. The highest BCUT2D eigenvalue weighted by Gasteiger charge is 2.18. The van der Waals surface area contributed by atoms with E-state index in [9.17, 15) is 4.79 Å². The summed E-state index contributed by atoms with van der Waals surface area (Å²) in [5.41, 5.74) is 3.18. The predicted molar refractivity (Wildman–Crippen MR) is 101 cm³/mol. The molecule has 1 atom stereocenters. The molecule has 3 aromatic carbocycles. The second-order valence-electron chi connectivity index (χ2n) is 6.15. The van der Waals surface area contributed by atoms with Gasteiger partial charge in [-0.25, -0.2) is 0 Å². The molecule has 126 valence electrons. The number of hydrogen-bond donors (Lipinski definition) is 0. The fraction of sp³-hybridized carbons (Fsp3) is 0.174. The van der Waals surface area contributed by atoms with Gasteiger partial charge in [-0.05, 0) is 35.6 Å². The molecule has 0 saturated heterocycles. The van der Waals surface area contributed by atoms with Gasteiger partial charge in [-0.3, -0.25) is 4.79 Å². The molecule has 0 aliphatic heterocycles. The van der Waals surface area contributed by atoms with Gasteiger partial charge in [-0.1, -0.05) is 72.8 Å². The van der Waals surface area contributed by atoms with Crippen molar-refractivity contribution in [1.29, 1.82) is 0 Å². The van der Waals surface area contributed by atoms with E-state index in [1.165, 1.54) is 11.1 Å². The van der Waals surface area contributed by atoms with E-state index in [1.807, 2.05) is 60.7 Å². The molecule has 0 spiro atoms. The zero-order chi connectivity index (χ0) is 17.5. The van der Waals surface area contributed by atoms with E-state index in [-0.39, 0.29) is 11.7 Å². The van der Waals surface area contributed by atoms with Crippen LogP contribution in [0.1, 0.15) is 33.8 Å². The van der Waals surface area contributed by atoms with Crippen LogP contribution in [-0.2, 0) is 6.42 Å². The van der Waals surface area contributed by atoms with Gasteiger partial charge in [-0.15, -0.1) is 0 Å². The zero-order valence-electron chi connectivity index (χ0n) is 14.4. The number of carbonyl (C=O) groups excluding carboxylic acids is 1. The van der Waals surface area contributed by atoms with E-state index < -0.39 is 0 Å². The number of carbonyl (C=O) groups is 1. The minimum Gasteiger partial charge on any atom is -0.497 e. The highest BCUT2D eigenvalue weighted by Crippen LogP contribution is 2.27. The Bertz CT molecular complexity index is 793. The topological polar surface area (TPSA) is 26.3 Å². The van der Waals surface area contributed by atoms with E-state index in [0.29, 0.717) is 6.42 Å². The van der Waals surface area contributed by atoms with Gasteiger partial charge in [-0.2, -0.15) is 0 Å². The van der Waals surface area contributed by atoms with Crippen LogP contribution in [0.15, 0.2) is 84.9 Å². The van der Waals surface area contributed by atoms with Gasteiger partial charge < -0.3 is 4.74 Å². The fourth-order valence-corrected chi connectivity index (χ4v) is 3.04. The summed E-state index contributed by atoms with van der Waals surface area (Å²) in [5.74, 6) is 1.19. The van der Waals surface area contributed by atoms with Crippen LogP contribution in [0.2, 0.25) is 0 Å². The third-order valence-electron chi connectivity index (χ3n) is 4.44. The Morgan fingerprint density at radius 1 is 0.840 bits per heavy atom. The Hall–Kier alpha value is -2.87. The monoisotopic (exact) mass is 330 g/mol. The molecule has 0 aliphatic rings. The maximum Gasteiger partial charge on any atom is 0.163 e. The normalized spacial score (nSPS) is 11.7. The van der Waals surface area contributed by atoms with Crippen molar-refractivity contribution in [2.45, 2.75) is 18.8 Å². The fourth-order valence-electron chi connectivity index (χ4n) is 3.04. The molecular formula is C23H22O2. The van der Waals surface area contributed by atoms with Crippen LogP contribution in [-0.4, -0.2) is 12.9 Å². The zero-order valence-corrected chi connectivity index (χ0v) is 14.4. The Labute approximate surface area is 149 Å². The van der Waals surface area contributed by atoms with E-state index in [2.05, 4.69) is 24.3 Å². The second kappa shape index (κ2) is 8.29. The van der Waals surface area contributed by atoms with Gasteiger partial charge >= 0.3 is 0 Å². The molecule has 0 aromatic heterocycles. The first-order chi connectivity index (χ1) is 12.3. The van der Waals surface area contributed by atoms with Gasteiger partial charge in [0.2, 0.25) is 0 Å². The number of ketones is 1. The summed E-state index contributed by atoms with van der Waals surface area (Å²) in [6.07, 6.45) is 1.33. The molecule has 0 aliphatic carbocycles. The molecule has 0 heterocycles. The Kier molecular flexibility index (Phi) is 5.63. The van der Waals surface area contributed by atoms with Crippen LogP contribution in [0.3, 0.4) is 0 Å². The molecule has 0 saturated carbocycles. The van der Waals surface area contributed by atoms with Crippen molar-refractivity contribution in [2.24, 2.45) is 0 Å². The summed E-state index contributed by atoms with van der Waals surface area (Å²) in [5, 5.41) is 0. The maximum absolute atomic E-state index is 12.7.